The van der Waals surface area contributed by atoms with Crippen LogP contribution in [0, 0.1) is 0 Å². The molecular weight excluding hydrogens is 286 g/mol. The topological polar surface area (TPSA) is 102 Å². The summed E-state index contributed by atoms with van der Waals surface area (Å²) < 4.78 is 1.98. The zero-order valence-corrected chi connectivity index (χ0v) is 12.1. The van der Waals surface area contributed by atoms with E-state index in [0.717, 1.165) is 14.7 Å². The molecule has 1 aliphatic heterocycles. The molecule has 8 nitrogen and oxygen atoms in total. The van der Waals surface area contributed by atoms with Gasteiger partial charge in [0.2, 0.25) is 5.88 Å². The van der Waals surface area contributed by atoms with Crippen molar-refractivity contribution in [3.63, 3.8) is 0 Å². The second kappa shape index (κ2) is 5.14. The van der Waals surface area contributed by atoms with Crippen molar-refractivity contribution in [1.29, 1.82) is 0 Å². The number of aromatic nitrogens is 3. The summed E-state index contributed by atoms with van der Waals surface area (Å²) in [5, 5.41) is 14.3. The average Bonchev–Trinajstić information content (AvgIpc) is 3.02. The fraction of sp³-hybridized carbons (Fsp3) is 0.286. The molecular formula is C14H15N5O3. The lowest BCUT2D eigenvalue weighted by Gasteiger charge is -2.11. The van der Waals surface area contributed by atoms with Gasteiger partial charge in [-0.05, 0) is 11.6 Å². The third-order valence-corrected chi connectivity index (χ3v) is 3.76. The maximum Gasteiger partial charge on any atom is 0.333 e. The molecule has 0 aromatic carbocycles. The van der Waals surface area contributed by atoms with E-state index in [1.807, 2.05) is 12.1 Å². The Hall–Kier alpha value is -2.90. The first kappa shape index (κ1) is 14.1. The van der Waals surface area contributed by atoms with E-state index in [9.17, 15) is 14.7 Å². The van der Waals surface area contributed by atoms with Gasteiger partial charge in [0.05, 0.1) is 11.8 Å². The Morgan fingerprint density at radius 3 is 2.77 bits per heavy atom. The minimum absolute atomic E-state index is 0.0449. The van der Waals surface area contributed by atoms with E-state index in [1.165, 1.54) is 14.1 Å². The van der Waals surface area contributed by atoms with Crippen molar-refractivity contribution in [1.82, 2.24) is 19.5 Å². The number of hydrogen-bond acceptors (Lipinski definition) is 6. The lowest BCUT2D eigenvalue weighted by Crippen LogP contribution is -2.39. The van der Waals surface area contributed by atoms with Gasteiger partial charge in [-0.15, -0.1) is 0 Å². The van der Waals surface area contributed by atoms with Crippen molar-refractivity contribution < 1.29 is 5.11 Å². The van der Waals surface area contributed by atoms with Gasteiger partial charge >= 0.3 is 5.69 Å². The molecule has 3 heterocycles. The molecule has 114 valence electrons. The molecule has 8 heteroatoms. The summed E-state index contributed by atoms with van der Waals surface area (Å²) in [4.78, 5) is 28.1. The first-order valence-corrected chi connectivity index (χ1v) is 6.72. The summed E-state index contributed by atoms with van der Waals surface area (Å²) in [5.41, 5.74) is 3.18. The predicted molar refractivity (Wildman–Crippen MR) is 79.9 cm³/mol. The summed E-state index contributed by atoms with van der Waals surface area (Å²) in [6.07, 6.45) is 3.82. The SMILES string of the molecule is Cn1c(O)c(C2=NN[C@H](c3cccnc3)C2)c(=O)n(C)c1=O. The van der Waals surface area contributed by atoms with Crippen molar-refractivity contribution in [3.8, 4) is 5.88 Å². The molecule has 0 spiro atoms. The molecule has 0 amide bonds. The van der Waals surface area contributed by atoms with E-state index < -0.39 is 11.2 Å². The van der Waals surface area contributed by atoms with Crippen LogP contribution in [-0.2, 0) is 14.1 Å². The van der Waals surface area contributed by atoms with Gasteiger partial charge in [-0.1, -0.05) is 6.07 Å². The van der Waals surface area contributed by atoms with E-state index in [2.05, 4.69) is 15.5 Å². The summed E-state index contributed by atoms with van der Waals surface area (Å²) in [7, 11) is 2.78. The van der Waals surface area contributed by atoms with Gasteiger partial charge in [0.25, 0.3) is 5.56 Å². The molecule has 2 aromatic heterocycles. The van der Waals surface area contributed by atoms with Gasteiger partial charge in [-0.2, -0.15) is 5.10 Å². The van der Waals surface area contributed by atoms with Crippen molar-refractivity contribution >= 4 is 5.71 Å². The van der Waals surface area contributed by atoms with Crippen LogP contribution in [0.15, 0.2) is 39.2 Å². The van der Waals surface area contributed by atoms with Gasteiger partial charge in [-0.3, -0.25) is 18.9 Å². The van der Waals surface area contributed by atoms with Crippen LogP contribution in [0.5, 0.6) is 5.88 Å². The van der Waals surface area contributed by atoms with Crippen LogP contribution < -0.4 is 16.7 Å². The summed E-state index contributed by atoms with van der Waals surface area (Å²) in [6.45, 7) is 0. The zero-order valence-electron chi connectivity index (χ0n) is 12.1. The Morgan fingerprint density at radius 2 is 2.09 bits per heavy atom. The van der Waals surface area contributed by atoms with Crippen LogP contribution in [0.2, 0.25) is 0 Å². The molecule has 0 unspecified atom stereocenters. The highest BCUT2D eigenvalue weighted by Crippen LogP contribution is 2.25. The molecule has 2 aromatic rings. The fourth-order valence-electron chi connectivity index (χ4n) is 2.46. The van der Waals surface area contributed by atoms with Crippen LogP contribution >= 0.6 is 0 Å². The molecule has 1 atom stereocenters. The molecule has 3 rings (SSSR count). The number of hydrogen-bond donors (Lipinski definition) is 2. The molecule has 0 bridgehead atoms. The largest absolute Gasteiger partial charge is 0.494 e. The number of rotatable bonds is 2. The number of nitrogens with one attached hydrogen (secondary N) is 1. The molecule has 0 saturated carbocycles. The van der Waals surface area contributed by atoms with Gasteiger partial charge < -0.3 is 10.5 Å². The number of nitrogens with zero attached hydrogens (tertiary/aromatic N) is 4. The van der Waals surface area contributed by atoms with Crippen LogP contribution in [0.25, 0.3) is 0 Å². The standard InChI is InChI=1S/C14H15N5O3/c1-18-12(20)11(13(21)19(2)14(18)22)10-6-9(16-17-10)8-4-3-5-15-7-8/h3-5,7,9,16,20H,6H2,1-2H3/t9-/m0/s1. The minimum atomic E-state index is -0.582. The van der Waals surface area contributed by atoms with Gasteiger partial charge in [0.15, 0.2) is 0 Å². The molecule has 0 saturated heterocycles. The second-order valence-corrected chi connectivity index (χ2v) is 5.14. The van der Waals surface area contributed by atoms with E-state index in [-0.39, 0.29) is 17.5 Å². The third-order valence-electron chi connectivity index (χ3n) is 3.76. The van der Waals surface area contributed by atoms with Gasteiger partial charge in [-0.25, -0.2) is 4.79 Å². The Morgan fingerprint density at radius 1 is 1.32 bits per heavy atom. The Kier molecular flexibility index (Phi) is 3.28. The highest BCUT2D eigenvalue weighted by molar-refractivity contribution is 6.03. The number of aromatic hydroxyl groups is 1. The monoisotopic (exact) mass is 301 g/mol. The normalized spacial score (nSPS) is 17.2. The summed E-state index contributed by atoms with van der Waals surface area (Å²) in [6, 6.07) is 3.60. The molecule has 22 heavy (non-hydrogen) atoms. The fourth-order valence-corrected chi connectivity index (χ4v) is 2.46. The summed E-state index contributed by atoms with van der Waals surface area (Å²) in [5.74, 6) is -0.375. The predicted octanol–water partition coefficient (Wildman–Crippen LogP) is -0.377. The Balaban J connectivity index is 2.01. The van der Waals surface area contributed by atoms with Crippen molar-refractivity contribution in [2.75, 3.05) is 0 Å². The van der Waals surface area contributed by atoms with E-state index >= 15 is 0 Å². The number of hydrazone groups is 1. The molecule has 0 radical (unpaired) electrons. The molecule has 1 aliphatic rings. The van der Waals surface area contributed by atoms with Crippen LogP contribution in [0.1, 0.15) is 23.6 Å². The molecule has 2 N–H and O–H groups in total. The summed E-state index contributed by atoms with van der Waals surface area (Å²) >= 11 is 0. The van der Waals surface area contributed by atoms with Crippen LogP contribution in [0.3, 0.4) is 0 Å². The number of pyridine rings is 1. The lowest BCUT2D eigenvalue weighted by molar-refractivity contribution is 0.410. The first-order chi connectivity index (χ1) is 10.5. The molecule has 0 aliphatic carbocycles. The van der Waals surface area contributed by atoms with Crippen molar-refractivity contribution in [2.45, 2.75) is 12.5 Å². The van der Waals surface area contributed by atoms with Gasteiger partial charge in [0.1, 0.15) is 5.56 Å². The quantitative estimate of drug-likeness (QED) is 0.787. The van der Waals surface area contributed by atoms with Crippen molar-refractivity contribution in [3.05, 3.63) is 56.5 Å². The van der Waals surface area contributed by atoms with Crippen molar-refractivity contribution in [2.24, 2.45) is 19.2 Å². The van der Waals surface area contributed by atoms with E-state index in [0.29, 0.717) is 12.1 Å². The minimum Gasteiger partial charge on any atom is -0.494 e. The van der Waals surface area contributed by atoms with Crippen LogP contribution in [-0.4, -0.2) is 24.9 Å². The van der Waals surface area contributed by atoms with E-state index in [4.69, 9.17) is 0 Å². The average molecular weight is 301 g/mol. The molecule has 0 fully saturated rings. The van der Waals surface area contributed by atoms with Gasteiger partial charge in [0, 0.05) is 32.9 Å². The smallest absolute Gasteiger partial charge is 0.333 e. The Bertz CT molecular complexity index is 867. The Labute approximate surface area is 125 Å². The second-order valence-electron chi connectivity index (χ2n) is 5.14. The third kappa shape index (κ3) is 2.09. The maximum atomic E-state index is 12.3. The highest BCUT2D eigenvalue weighted by atomic mass is 16.3. The lowest BCUT2D eigenvalue weighted by atomic mass is 10.0. The first-order valence-electron chi connectivity index (χ1n) is 6.72. The zero-order chi connectivity index (χ0) is 15.9. The van der Waals surface area contributed by atoms with Crippen LogP contribution in [0.4, 0.5) is 0 Å². The van der Waals surface area contributed by atoms with E-state index in [1.54, 1.807) is 12.4 Å². The maximum absolute atomic E-state index is 12.3. The highest BCUT2D eigenvalue weighted by Gasteiger charge is 2.27.